The van der Waals surface area contributed by atoms with Crippen LogP contribution in [0, 0.1) is 0 Å². The lowest BCUT2D eigenvalue weighted by Crippen LogP contribution is -2.33. The van der Waals surface area contributed by atoms with E-state index >= 15 is 0 Å². The van der Waals surface area contributed by atoms with Crippen molar-refractivity contribution in [2.24, 2.45) is 10.7 Å². The van der Waals surface area contributed by atoms with Crippen molar-refractivity contribution in [2.45, 2.75) is 13.0 Å². The molecule has 7 heteroatoms. The standard InChI is InChI=1S/C20H22N4O2S/c1-25-16-4-2-5-17(12-16)26-19-8-7-15(13-23-19)14-24-20(21)22-10-9-18-6-3-11-27-18/h2-8,11-13H,9-10,14H2,1H3,(H3,21,22,24). The molecule has 3 N–H and O–H groups in total. The van der Waals surface area contributed by atoms with Gasteiger partial charge in [0, 0.05) is 29.8 Å². The summed E-state index contributed by atoms with van der Waals surface area (Å²) in [4.78, 5) is 9.98. The van der Waals surface area contributed by atoms with E-state index in [0.29, 0.717) is 24.1 Å². The Morgan fingerprint density at radius 3 is 2.81 bits per heavy atom. The highest BCUT2D eigenvalue weighted by atomic mass is 32.1. The summed E-state index contributed by atoms with van der Waals surface area (Å²) >= 11 is 1.74. The van der Waals surface area contributed by atoms with E-state index in [0.717, 1.165) is 24.3 Å². The van der Waals surface area contributed by atoms with Gasteiger partial charge in [0.1, 0.15) is 11.5 Å². The van der Waals surface area contributed by atoms with Crippen LogP contribution in [0.15, 0.2) is 65.1 Å². The molecule has 3 aromatic rings. The second-order valence-electron chi connectivity index (χ2n) is 5.74. The smallest absolute Gasteiger partial charge is 0.219 e. The molecule has 0 saturated carbocycles. The maximum absolute atomic E-state index is 5.91. The Morgan fingerprint density at radius 2 is 2.07 bits per heavy atom. The summed E-state index contributed by atoms with van der Waals surface area (Å²) in [6.45, 7) is 1.23. The number of nitrogens with zero attached hydrogens (tertiary/aromatic N) is 2. The topological polar surface area (TPSA) is 81.8 Å². The number of hydrogen-bond acceptors (Lipinski definition) is 5. The molecule has 27 heavy (non-hydrogen) atoms. The second kappa shape index (κ2) is 9.59. The van der Waals surface area contributed by atoms with Gasteiger partial charge in [0.25, 0.3) is 0 Å². The first-order valence-corrected chi connectivity index (χ1v) is 9.44. The third-order valence-corrected chi connectivity index (χ3v) is 4.69. The molecule has 0 atom stereocenters. The van der Waals surface area contributed by atoms with Crippen LogP contribution in [0.5, 0.6) is 17.4 Å². The highest BCUT2D eigenvalue weighted by molar-refractivity contribution is 7.09. The largest absolute Gasteiger partial charge is 0.497 e. The van der Waals surface area contributed by atoms with Crippen LogP contribution < -0.4 is 20.5 Å². The molecule has 0 unspecified atom stereocenters. The van der Waals surface area contributed by atoms with Crippen LogP contribution in [0.3, 0.4) is 0 Å². The molecular formula is C20H22N4O2S. The normalized spacial score (nSPS) is 11.2. The number of benzene rings is 1. The van der Waals surface area contributed by atoms with Gasteiger partial charge in [-0.3, -0.25) is 0 Å². The van der Waals surface area contributed by atoms with Crippen molar-refractivity contribution in [2.75, 3.05) is 13.7 Å². The van der Waals surface area contributed by atoms with Gasteiger partial charge in [0.2, 0.25) is 5.88 Å². The summed E-state index contributed by atoms with van der Waals surface area (Å²) in [5.74, 6) is 2.36. The van der Waals surface area contributed by atoms with Crippen molar-refractivity contribution in [3.63, 3.8) is 0 Å². The third kappa shape index (κ3) is 6.00. The highest BCUT2D eigenvalue weighted by Crippen LogP contribution is 2.23. The quantitative estimate of drug-likeness (QED) is 0.460. The first-order chi connectivity index (χ1) is 13.2. The maximum atomic E-state index is 5.91. The number of hydrogen-bond donors (Lipinski definition) is 2. The van der Waals surface area contributed by atoms with E-state index in [1.807, 2.05) is 42.5 Å². The molecule has 0 amide bonds. The average Bonchev–Trinajstić information content (AvgIpc) is 3.21. The van der Waals surface area contributed by atoms with Gasteiger partial charge in [-0.15, -0.1) is 11.3 Å². The molecule has 0 aliphatic carbocycles. The van der Waals surface area contributed by atoms with Gasteiger partial charge in [-0.1, -0.05) is 18.2 Å². The van der Waals surface area contributed by atoms with Crippen LogP contribution >= 0.6 is 11.3 Å². The van der Waals surface area contributed by atoms with Crippen LogP contribution in [-0.4, -0.2) is 24.6 Å². The van der Waals surface area contributed by atoms with E-state index < -0.39 is 0 Å². The van der Waals surface area contributed by atoms with Gasteiger partial charge in [-0.25, -0.2) is 9.98 Å². The number of nitrogens with two attached hydrogens (primary N) is 1. The van der Waals surface area contributed by atoms with Gasteiger partial charge in [-0.2, -0.15) is 0 Å². The first kappa shape index (κ1) is 18.7. The van der Waals surface area contributed by atoms with Crippen LogP contribution in [0.25, 0.3) is 0 Å². The van der Waals surface area contributed by atoms with Crippen LogP contribution in [0.1, 0.15) is 10.4 Å². The maximum Gasteiger partial charge on any atom is 0.219 e. The van der Waals surface area contributed by atoms with Crippen LogP contribution in [0.4, 0.5) is 0 Å². The average molecular weight is 382 g/mol. The van der Waals surface area contributed by atoms with Crippen molar-refractivity contribution in [3.8, 4) is 17.4 Å². The van der Waals surface area contributed by atoms with Crippen molar-refractivity contribution >= 4 is 17.3 Å². The number of methoxy groups -OCH3 is 1. The minimum absolute atomic E-state index is 0.434. The molecule has 0 spiro atoms. The summed E-state index contributed by atoms with van der Waals surface area (Å²) in [5.41, 5.74) is 6.86. The van der Waals surface area contributed by atoms with Crippen molar-refractivity contribution in [1.82, 2.24) is 10.3 Å². The summed E-state index contributed by atoms with van der Waals surface area (Å²) in [5, 5.41) is 5.19. The summed E-state index contributed by atoms with van der Waals surface area (Å²) in [6.07, 6.45) is 2.67. The molecule has 0 aliphatic heterocycles. The van der Waals surface area contributed by atoms with E-state index in [4.69, 9.17) is 15.2 Å². The number of thiophene rings is 1. The molecule has 0 saturated heterocycles. The number of aliphatic imine (C=N–C) groups is 1. The number of guanidine groups is 1. The predicted molar refractivity (Wildman–Crippen MR) is 109 cm³/mol. The van der Waals surface area contributed by atoms with Crippen molar-refractivity contribution in [3.05, 3.63) is 70.5 Å². The Morgan fingerprint density at radius 1 is 1.19 bits per heavy atom. The second-order valence-corrected chi connectivity index (χ2v) is 6.78. The van der Waals surface area contributed by atoms with Gasteiger partial charge in [0.05, 0.1) is 13.7 Å². The SMILES string of the molecule is COc1cccc(Oc2ccc(CN=C(N)NCCc3cccs3)cn2)c1. The number of rotatable bonds is 8. The van der Waals surface area contributed by atoms with E-state index in [1.54, 1.807) is 24.6 Å². The molecule has 140 valence electrons. The third-order valence-electron chi connectivity index (χ3n) is 3.75. The Labute approximate surface area is 162 Å². The predicted octanol–water partition coefficient (Wildman–Crippen LogP) is 3.59. The fraction of sp³-hybridized carbons (Fsp3) is 0.200. The zero-order chi connectivity index (χ0) is 18.9. The Hall–Kier alpha value is -3.06. The molecule has 3 rings (SSSR count). The van der Waals surface area contributed by atoms with E-state index in [9.17, 15) is 0 Å². The molecule has 0 radical (unpaired) electrons. The number of ether oxygens (including phenoxy) is 2. The Balaban J connectivity index is 1.47. The number of pyridine rings is 1. The first-order valence-electron chi connectivity index (χ1n) is 8.56. The molecule has 0 aliphatic rings. The van der Waals surface area contributed by atoms with E-state index in [1.165, 1.54) is 4.88 Å². The van der Waals surface area contributed by atoms with Gasteiger partial charge in [0.15, 0.2) is 5.96 Å². The lowest BCUT2D eigenvalue weighted by atomic mass is 10.3. The Kier molecular flexibility index (Phi) is 6.65. The monoisotopic (exact) mass is 382 g/mol. The fourth-order valence-electron chi connectivity index (χ4n) is 2.35. The van der Waals surface area contributed by atoms with Crippen LogP contribution in [-0.2, 0) is 13.0 Å². The molecule has 1 aromatic carbocycles. The molecule has 0 fully saturated rings. The van der Waals surface area contributed by atoms with Gasteiger partial charge >= 0.3 is 0 Å². The number of nitrogens with one attached hydrogen (secondary N) is 1. The fourth-order valence-corrected chi connectivity index (χ4v) is 3.06. The minimum atomic E-state index is 0.434. The molecule has 0 bridgehead atoms. The molecule has 6 nitrogen and oxygen atoms in total. The summed E-state index contributed by atoms with van der Waals surface area (Å²) < 4.78 is 10.9. The summed E-state index contributed by atoms with van der Waals surface area (Å²) in [6, 6.07) is 15.3. The Bertz CT molecular complexity index is 864. The van der Waals surface area contributed by atoms with Crippen molar-refractivity contribution < 1.29 is 9.47 Å². The number of aromatic nitrogens is 1. The van der Waals surface area contributed by atoms with E-state index in [-0.39, 0.29) is 0 Å². The highest BCUT2D eigenvalue weighted by Gasteiger charge is 2.01. The zero-order valence-electron chi connectivity index (χ0n) is 15.1. The zero-order valence-corrected chi connectivity index (χ0v) is 15.9. The van der Waals surface area contributed by atoms with Crippen molar-refractivity contribution in [1.29, 1.82) is 0 Å². The van der Waals surface area contributed by atoms with Gasteiger partial charge < -0.3 is 20.5 Å². The molecule has 2 heterocycles. The van der Waals surface area contributed by atoms with Gasteiger partial charge in [-0.05, 0) is 35.6 Å². The van der Waals surface area contributed by atoms with Crippen LogP contribution in [0.2, 0.25) is 0 Å². The lowest BCUT2D eigenvalue weighted by Gasteiger charge is -2.07. The lowest BCUT2D eigenvalue weighted by molar-refractivity contribution is 0.407. The minimum Gasteiger partial charge on any atom is -0.497 e. The molecule has 2 aromatic heterocycles. The summed E-state index contributed by atoms with van der Waals surface area (Å²) in [7, 11) is 1.62. The molecular weight excluding hydrogens is 360 g/mol. The van der Waals surface area contributed by atoms with E-state index in [2.05, 4.69) is 26.7 Å².